The van der Waals surface area contributed by atoms with E-state index >= 15 is 0 Å². The van der Waals surface area contributed by atoms with Gasteiger partial charge in [0.2, 0.25) is 5.95 Å². The SMILES string of the molecule is CC(C)(C)[Si](C)(C)OC[C@H]1O[C@@H](n2cnc3c(=O)[nH]c(N)nc32)C[C@H]1O. The fraction of sp³-hybridized carbons (Fsp3) is 0.688. The van der Waals surface area contributed by atoms with Crippen molar-refractivity contribution in [3.63, 3.8) is 0 Å². The number of aliphatic hydroxyl groups is 1. The number of aliphatic hydroxyl groups excluding tert-OH is 1. The minimum Gasteiger partial charge on any atom is -0.414 e. The number of rotatable bonds is 4. The number of hydrogen-bond donors (Lipinski definition) is 3. The molecule has 3 atom stereocenters. The summed E-state index contributed by atoms with van der Waals surface area (Å²) in [5, 5.41) is 10.5. The summed E-state index contributed by atoms with van der Waals surface area (Å²) in [4.78, 5) is 22.6. The van der Waals surface area contributed by atoms with E-state index in [0.29, 0.717) is 18.7 Å². The average molecular weight is 382 g/mol. The lowest BCUT2D eigenvalue weighted by molar-refractivity contribution is -0.0405. The van der Waals surface area contributed by atoms with Crippen LogP contribution in [0.1, 0.15) is 33.4 Å². The van der Waals surface area contributed by atoms with Gasteiger partial charge in [0, 0.05) is 6.42 Å². The van der Waals surface area contributed by atoms with E-state index in [1.807, 2.05) is 0 Å². The second-order valence-corrected chi connectivity index (χ2v) is 13.1. The van der Waals surface area contributed by atoms with Crippen molar-refractivity contribution < 1.29 is 14.3 Å². The summed E-state index contributed by atoms with van der Waals surface area (Å²) in [6.07, 6.45) is 0.274. The Balaban J connectivity index is 1.76. The van der Waals surface area contributed by atoms with Crippen molar-refractivity contribution in [2.75, 3.05) is 12.3 Å². The lowest BCUT2D eigenvalue weighted by atomic mass is 10.2. The molecule has 2 aromatic heterocycles. The molecular formula is C16H27N5O4Si. The second-order valence-electron chi connectivity index (χ2n) is 8.28. The Kier molecular flexibility index (Phi) is 4.72. The number of hydrogen-bond acceptors (Lipinski definition) is 7. The van der Waals surface area contributed by atoms with Crippen LogP contribution in [0.15, 0.2) is 11.1 Å². The van der Waals surface area contributed by atoms with Crippen LogP contribution in [0.25, 0.3) is 11.2 Å². The number of nitrogens with zero attached hydrogens (tertiary/aromatic N) is 3. The Bertz CT molecular complexity index is 856. The lowest BCUT2D eigenvalue weighted by Gasteiger charge is -2.37. The molecule has 10 heteroatoms. The van der Waals surface area contributed by atoms with Crippen LogP contribution in [0.3, 0.4) is 0 Å². The molecule has 2 aromatic rings. The minimum absolute atomic E-state index is 0.0144. The Labute approximate surface area is 152 Å². The van der Waals surface area contributed by atoms with Crippen molar-refractivity contribution in [2.24, 2.45) is 0 Å². The first-order chi connectivity index (χ1) is 12.0. The highest BCUT2D eigenvalue weighted by molar-refractivity contribution is 6.74. The molecular weight excluding hydrogens is 354 g/mol. The highest BCUT2D eigenvalue weighted by atomic mass is 28.4. The fourth-order valence-corrected chi connectivity index (χ4v) is 3.71. The van der Waals surface area contributed by atoms with Gasteiger partial charge in [-0.05, 0) is 18.1 Å². The number of nitrogen functional groups attached to an aromatic ring is 1. The van der Waals surface area contributed by atoms with Gasteiger partial charge < -0.3 is 20.0 Å². The number of imidazole rings is 1. The fourth-order valence-electron chi connectivity index (χ4n) is 2.70. The zero-order valence-electron chi connectivity index (χ0n) is 15.8. The Morgan fingerprint density at radius 3 is 2.85 bits per heavy atom. The molecule has 0 radical (unpaired) electrons. The summed E-state index contributed by atoms with van der Waals surface area (Å²) in [6.45, 7) is 11.1. The van der Waals surface area contributed by atoms with E-state index in [1.165, 1.54) is 6.33 Å². The smallest absolute Gasteiger partial charge is 0.280 e. The van der Waals surface area contributed by atoms with Crippen LogP contribution in [0.4, 0.5) is 5.95 Å². The van der Waals surface area contributed by atoms with Crippen LogP contribution >= 0.6 is 0 Å². The number of anilines is 1. The number of aromatic nitrogens is 4. The molecule has 0 amide bonds. The van der Waals surface area contributed by atoms with E-state index in [9.17, 15) is 9.90 Å². The Hall–Kier alpha value is -1.75. The van der Waals surface area contributed by atoms with Crippen LogP contribution < -0.4 is 11.3 Å². The van der Waals surface area contributed by atoms with Gasteiger partial charge in [0.1, 0.15) is 12.3 Å². The molecule has 0 aliphatic carbocycles. The molecule has 9 nitrogen and oxygen atoms in total. The Morgan fingerprint density at radius 1 is 1.50 bits per heavy atom. The van der Waals surface area contributed by atoms with Gasteiger partial charge in [-0.15, -0.1) is 0 Å². The zero-order chi connectivity index (χ0) is 19.3. The maximum absolute atomic E-state index is 11.9. The van der Waals surface area contributed by atoms with Crippen molar-refractivity contribution >= 4 is 25.4 Å². The van der Waals surface area contributed by atoms with E-state index in [4.69, 9.17) is 14.9 Å². The number of nitrogens with one attached hydrogen (secondary N) is 1. The molecule has 0 saturated carbocycles. The Morgan fingerprint density at radius 2 is 2.19 bits per heavy atom. The molecule has 144 valence electrons. The molecule has 1 aliphatic rings. The highest BCUT2D eigenvalue weighted by Crippen LogP contribution is 2.38. The van der Waals surface area contributed by atoms with Crippen molar-refractivity contribution in [3.05, 3.63) is 16.7 Å². The first-order valence-corrected chi connectivity index (χ1v) is 11.6. The molecule has 0 bridgehead atoms. The van der Waals surface area contributed by atoms with Gasteiger partial charge in [-0.3, -0.25) is 14.3 Å². The minimum atomic E-state index is -1.93. The average Bonchev–Trinajstić information content (AvgIpc) is 3.07. The van der Waals surface area contributed by atoms with E-state index in [-0.39, 0.29) is 16.5 Å². The molecule has 1 saturated heterocycles. The van der Waals surface area contributed by atoms with Gasteiger partial charge in [0.15, 0.2) is 19.5 Å². The summed E-state index contributed by atoms with van der Waals surface area (Å²) < 4.78 is 13.8. The molecule has 0 aromatic carbocycles. The highest BCUT2D eigenvalue weighted by Gasteiger charge is 2.41. The molecule has 3 heterocycles. The van der Waals surface area contributed by atoms with Gasteiger partial charge in [-0.2, -0.15) is 4.98 Å². The normalized spacial score (nSPS) is 24.5. The number of fused-ring (bicyclic) bond motifs is 1. The molecule has 26 heavy (non-hydrogen) atoms. The number of H-pyrrole nitrogens is 1. The first-order valence-electron chi connectivity index (χ1n) is 8.69. The molecule has 4 N–H and O–H groups in total. The maximum Gasteiger partial charge on any atom is 0.280 e. The first kappa shape index (κ1) is 19.0. The second kappa shape index (κ2) is 6.45. The largest absolute Gasteiger partial charge is 0.414 e. The molecule has 1 fully saturated rings. The van der Waals surface area contributed by atoms with Crippen LogP contribution in [0, 0.1) is 0 Å². The van der Waals surface area contributed by atoms with E-state index in [0.717, 1.165) is 0 Å². The molecule has 3 rings (SSSR count). The van der Waals surface area contributed by atoms with Crippen LogP contribution in [0.2, 0.25) is 18.1 Å². The third-order valence-corrected chi connectivity index (χ3v) is 9.88. The monoisotopic (exact) mass is 381 g/mol. The number of nitrogens with two attached hydrogens (primary N) is 1. The summed E-state index contributed by atoms with van der Waals surface area (Å²) in [5.74, 6) is 0.0144. The zero-order valence-corrected chi connectivity index (χ0v) is 16.8. The van der Waals surface area contributed by atoms with Crippen LogP contribution in [0.5, 0.6) is 0 Å². The third-order valence-electron chi connectivity index (χ3n) is 5.38. The van der Waals surface area contributed by atoms with E-state index < -0.39 is 32.3 Å². The van der Waals surface area contributed by atoms with E-state index in [1.54, 1.807) is 4.57 Å². The molecule has 0 unspecified atom stereocenters. The summed E-state index contributed by atoms with van der Waals surface area (Å²) in [7, 11) is -1.93. The lowest BCUT2D eigenvalue weighted by Crippen LogP contribution is -2.43. The van der Waals surface area contributed by atoms with Crippen molar-refractivity contribution in [2.45, 2.75) is 63.8 Å². The third kappa shape index (κ3) is 3.41. The van der Waals surface area contributed by atoms with Gasteiger partial charge in [-0.1, -0.05) is 20.8 Å². The van der Waals surface area contributed by atoms with Crippen LogP contribution in [-0.2, 0) is 9.16 Å². The predicted molar refractivity (Wildman–Crippen MR) is 100 cm³/mol. The van der Waals surface area contributed by atoms with E-state index in [2.05, 4.69) is 48.8 Å². The summed E-state index contributed by atoms with van der Waals surface area (Å²) in [5.41, 5.74) is 5.76. The number of ether oxygens (including phenoxy) is 1. The van der Waals surface area contributed by atoms with Crippen molar-refractivity contribution in [1.82, 2.24) is 19.5 Å². The summed E-state index contributed by atoms with van der Waals surface area (Å²) in [6, 6.07) is 0. The topological polar surface area (TPSA) is 128 Å². The van der Waals surface area contributed by atoms with Gasteiger partial charge >= 0.3 is 0 Å². The quantitative estimate of drug-likeness (QED) is 0.682. The van der Waals surface area contributed by atoms with Crippen molar-refractivity contribution in [1.29, 1.82) is 0 Å². The molecule has 0 spiro atoms. The molecule has 1 aliphatic heterocycles. The van der Waals surface area contributed by atoms with Gasteiger partial charge in [-0.25, -0.2) is 4.98 Å². The van der Waals surface area contributed by atoms with Gasteiger partial charge in [0.05, 0.1) is 19.0 Å². The van der Waals surface area contributed by atoms with Gasteiger partial charge in [0.25, 0.3) is 5.56 Å². The van der Waals surface area contributed by atoms with Crippen molar-refractivity contribution in [3.8, 4) is 0 Å². The summed E-state index contributed by atoms with van der Waals surface area (Å²) >= 11 is 0. The predicted octanol–water partition coefficient (Wildman–Crippen LogP) is 1.37. The maximum atomic E-state index is 11.9. The number of aromatic amines is 1. The van der Waals surface area contributed by atoms with Crippen LogP contribution in [-0.4, -0.2) is 51.8 Å². The standard InChI is InChI=1S/C16H27N5O4Si/c1-16(2,3)26(4,5)24-7-10-9(22)6-11(25-10)21-8-18-12-13(21)19-15(17)20-14(12)23/h8-11,22H,6-7H2,1-5H3,(H3,17,19,20,23)/t9-,10-,11-/m1/s1.